The van der Waals surface area contributed by atoms with Crippen LogP contribution in [-0.2, 0) is 20.4 Å². The molecule has 0 fully saturated rings. The first-order valence-electron chi connectivity index (χ1n) is 8.15. The fourth-order valence-electron chi connectivity index (χ4n) is 0.871. The quantitative estimate of drug-likeness (QED) is 0.731. The molecule has 0 bridgehead atoms. The van der Waals surface area contributed by atoms with Gasteiger partial charge in [-0.25, -0.2) is 0 Å². The number of rotatable bonds is 6. The van der Waals surface area contributed by atoms with Gasteiger partial charge in [0.25, 0.3) is 0 Å². The topological polar surface area (TPSA) is 69.2 Å². The molecule has 0 atom stereocenters. The van der Waals surface area contributed by atoms with Gasteiger partial charge in [0.1, 0.15) is 0 Å². The summed E-state index contributed by atoms with van der Waals surface area (Å²) in [6.45, 7) is 6.32. The van der Waals surface area contributed by atoms with Crippen molar-refractivity contribution in [3.8, 4) is 0 Å². The van der Waals surface area contributed by atoms with Crippen molar-refractivity contribution in [2.45, 2.75) is 59.3 Å². The third-order valence-corrected chi connectivity index (χ3v) is 2.79. The van der Waals surface area contributed by atoms with E-state index in [9.17, 15) is 15.3 Å². The number of hydrogen-bond acceptors (Lipinski definition) is 3. The van der Waals surface area contributed by atoms with Crippen LogP contribution in [0, 0.1) is 0 Å². The van der Waals surface area contributed by atoms with Crippen LogP contribution in [0.25, 0.3) is 0 Å². The fraction of sp³-hybridized carbons (Fsp3) is 0.667. The van der Waals surface area contributed by atoms with Crippen molar-refractivity contribution in [3.05, 3.63) is 30.3 Å². The Morgan fingerprint density at radius 3 is 1.09 bits per heavy atom. The summed E-state index contributed by atoms with van der Waals surface area (Å²) in [4.78, 5) is 0. The van der Waals surface area contributed by atoms with E-state index in [-0.39, 0.29) is 19.8 Å². The Balaban J connectivity index is -0.000000223. The summed E-state index contributed by atoms with van der Waals surface area (Å²) in [5.74, 6) is 0. The zero-order chi connectivity index (χ0) is 17.5. The Labute approximate surface area is 149 Å². The van der Waals surface area contributed by atoms with Crippen LogP contribution in [0.15, 0.2) is 30.3 Å². The number of unbranched alkanes of at least 4 members (excludes halogenated alkanes) is 3. The van der Waals surface area contributed by atoms with Gasteiger partial charge in [0.2, 0.25) is 0 Å². The van der Waals surface area contributed by atoms with E-state index >= 15 is 0 Å². The van der Waals surface area contributed by atoms with Crippen LogP contribution >= 0.6 is 0 Å². The molecule has 0 unspecified atom stereocenters. The van der Waals surface area contributed by atoms with Crippen molar-refractivity contribution < 1.29 is 35.8 Å². The summed E-state index contributed by atoms with van der Waals surface area (Å²) in [5.41, 5.74) is 0. The van der Waals surface area contributed by atoms with Crippen LogP contribution in [0.3, 0.4) is 0 Å². The molecule has 0 saturated heterocycles. The van der Waals surface area contributed by atoms with E-state index in [4.69, 9.17) is 0 Å². The molecule has 0 heterocycles. The SMILES string of the molecule is CCCC[O-].CCCC[O-].CCCC[O-].[Ti+3][c]1ccccc1. The van der Waals surface area contributed by atoms with Gasteiger partial charge in [-0.05, 0) is 0 Å². The molecule has 4 heteroatoms. The van der Waals surface area contributed by atoms with Gasteiger partial charge >= 0.3 is 54.6 Å². The van der Waals surface area contributed by atoms with E-state index in [0.717, 1.165) is 38.5 Å². The Bertz CT molecular complexity index is 236. The van der Waals surface area contributed by atoms with E-state index in [1.165, 1.54) is 3.87 Å². The van der Waals surface area contributed by atoms with Gasteiger partial charge in [0, 0.05) is 0 Å². The van der Waals surface area contributed by atoms with Crippen LogP contribution in [0.1, 0.15) is 59.3 Å². The molecule has 3 nitrogen and oxygen atoms in total. The zero-order valence-corrected chi connectivity index (χ0v) is 16.0. The van der Waals surface area contributed by atoms with Gasteiger partial charge in [0.05, 0.1) is 0 Å². The summed E-state index contributed by atoms with van der Waals surface area (Å²) in [5, 5.41) is 28.6. The van der Waals surface area contributed by atoms with E-state index < -0.39 is 0 Å². The van der Waals surface area contributed by atoms with E-state index in [1.54, 1.807) is 0 Å². The normalized spacial score (nSPS) is 8.55. The minimum absolute atomic E-state index is 0.0938. The van der Waals surface area contributed by atoms with Crippen LogP contribution in [0.4, 0.5) is 0 Å². The summed E-state index contributed by atoms with van der Waals surface area (Å²) < 4.78 is 1.32. The van der Waals surface area contributed by atoms with E-state index in [0.29, 0.717) is 0 Å². The van der Waals surface area contributed by atoms with Gasteiger partial charge in [-0.15, -0.1) is 19.8 Å². The molecule has 126 valence electrons. The number of hydrogen-bond donors (Lipinski definition) is 0. The molecular formula is C18H32O3Ti. The molecule has 1 aromatic carbocycles. The molecule has 0 saturated carbocycles. The summed E-state index contributed by atoms with van der Waals surface area (Å²) in [6.07, 6.45) is 5.59. The van der Waals surface area contributed by atoms with Crippen molar-refractivity contribution in [3.63, 3.8) is 0 Å². The van der Waals surface area contributed by atoms with E-state index in [1.807, 2.05) is 39.0 Å². The minimum atomic E-state index is 0.0938. The summed E-state index contributed by atoms with van der Waals surface area (Å²) in [7, 11) is 0. The molecule has 0 aliphatic carbocycles. The van der Waals surface area contributed by atoms with Gasteiger partial charge < -0.3 is 15.3 Å². The second-order valence-electron chi connectivity index (χ2n) is 4.54. The average molecular weight is 344 g/mol. The molecule has 1 rings (SSSR count). The van der Waals surface area contributed by atoms with Gasteiger partial charge in [0.15, 0.2) is 0 Å². The van der Waals surface area contributed by atoms with Crippen molar-refractivity contribution in [1.82, 2.24) is 0 Å². The van der Waals surface area contributed by atoms with Crippen molar-refractivity contribution in [1.29, 1.82) is 0 Å². The summed E-state index contributed by atoms with van der Waals surface area (Å²) >= 11 is 2.08. The molecule has 0 amide bonds. The van der Waals surface area contributed by atoms with Crippen LogP contribution < -0.4 is 19.2 Å². The van der Waals surface area contributed by atoms with E-state index in [2.05, 4.69) is 32.6 Å². The van der Waals surface area contributed by atoms with Crippen LogP contribution in [-0.4, -0.2) is 19.8 Å². The van der Waals surface area contributed by atoms with Crippen molar-refractivity contribution >= 4 is 3.87 Å². The molecular weight excluding hydrogens is 312 g/mol. The van der Waals surface area contributed by atoms with Crippen molar-refractivity contribution in [2.24, 2.45) is 0 Å². The van der Waals surface area contributed by atoms with Gasteiger partial charge in [-0.2, -0.15) is 0 Å². The Kier molecular flexibility index (Phi) is 35.1. The fourth-order valence-corrected chi connectivity index (χ4v) is 1.17. The first-order chi connectivity index (χ1) is 10.6. The molecule has 0 aliphatic rings. The standard InChI is InChI=1S/C6H5.3C4H9O.Ti/c1-2-4-6-5-3-1;3*1-2-3-4-5;/h1-5H;3*2-4H2,1H3;/q;3*-1;+3. The second-order valence-corrected chi connectivity index (χ2v) is 5.44. The third-order valence-electron chi connectivity index (χ3n) is 2.27. The molecule has 0 aromatic heterocycles. The first kappa shape index (κ1) is 26.7. The predicted octanol–water partition coefficient (Wildman–Crippen LogP) is 1.30. The van der Waals surface area contributed by atoms with Crippen LogP contribution in [0.5, 0.6) is 0 Å². The summed E-state index contributed by atoms with van der Waals surface area (Å²) in [6, 6.07) is 10.3. The Hall–Kier alpha value is -0.186. The molecule has 0 N–H and O–H groups in total. The Morgan fingerprint density at radius 1 is 0.682 bits per heavy atom. The number of benzene rings is 1. The molecule has 0 aliphatic heterocycles. The Morgan fingerprint density at radius 2 is 1.00 bits per heavy atom. The van der Waals surface area contributed by atoms with Gasteiger partial charge in [-0.1, -0.05) is 59.3 Å². The maximum absolute atomic E-state index is 9.53. The molecule has 0 radical (unpaired) electrons. The second kappa shape index (κ2) is 28.9. The molecule has 1 aromatic rings. The third kappa shape index (κ3) is 36.8. The maximum atomic E-state index is 9.53. The predicted molar refractivity (Wildman–Crippen MR) is 85.4 cm³/mol. The molecule has 22 heavy (non-hydrogen) atoms. The average Bonchev–Trinajstić information content (AvgIpc) is 2.52. The zero-order valence-electron chi connectivity index (χ0n) is 14.5. The molecule has 0 spiro atoms. The monoisotopic (exact) mass is 344 g/mol. The van der Waals surface area contributed by atoms with Gasteiger partial charge in [-0.3, -0.25) is 0 Å². The van der Waals surface area contributed by atoms with Crippen molar-refractivity contribution in [2.75, 3.05) is 19.8 Å². The van der Waals surface area contributed by atoms with Crippen LogP contribution in [0.2, 0.25) is 0 Å². The first-order valence-corrected chi connectivity index (χ1v) is 8.93.